The minimum atomic E-state index is 0.175. The first-order valence-corrected chi connectivity index (χ1v) is 9.82. The predicted octanol–water partition coefficient (Wildman–Crippen LogP) is 5.65. The van der Waals surface area contributed by atoms with Crippen LogP contribution in [0, 0.1) is 20.8 Å². The summed E-state index contributed by atoms with van der Waals surface area (Å²) in [7, 11) is 0. The molecule has 1 atom stereocenters. The van der Waals surface area contributed by atoms with Gasteiger partial charge in [0.05, 0.1) is 6.61 Å². The molecule has 0 saturated heterocycles. The number of carbonyl (C=O) groups is 1. The third-order valence-corrected chi connectivity index (χ3v) is 6.04. The SMILES string of the molecule is CCC(C)C(=O)CCc1cc(OCC2CC(C)(C)C2)ccc1I. The second-order valence-electron chi connectivity index (χ2n) is 7.78. The lowest BCUT2D eigenvalue weighted by Gasteiger charge is -2.42. The highest BCUT2D eigenvalue weighted by molar-refractivity contribution is 14.1. The van der Waals surface area contributed by atoms with Gasteiger partial charge in [0.15, 0.2) is 0 Å². The number of ether oxygens (including phenoxy) is 1. The van der Waals surface area contributed by atoms with Gasteiger partial charge in [0, 0.05) is 15.9 Å². The summed E-state index contributed by atoms with van der Waals surface area (Å²) in [6.45, 7) is 9.55. The smallest absolute Gasteiger partial charge is 0.136 e. The number of hydrogen-bond donors (Lipinski definition) is 0. The molecule has 0 aliphatic heterocycles. The molecule has 1 unspecified atom stereocenters. The highest BCUT2D eigenvalue weighted by atomic mass is 127. The Morgan fingerprint density at radius 3 is 2.70 bits per heavy atom. The van der Waals surface area contributed by atoms with E-state index in [1.54, 1.807) is 0 Å². The molecular formula is C20H29IO2. The van der Waals surface area contributed by atoms with E-state index in [4.69, 9.17) is 4.74 Å². The summed E-state index contributed by atoms with van der Waals surface area (Å²) in [4.78, 5) is 12.0. The largest absolute Gasteiger partial charge is 0.493 e. The molecule has 0 amide bonds. The van der Waals surface area contributed by atoms with Crippen molar-refractivity contribution >= 4 is 28.4 Å². The van der Waals surface area contributed by atoms with Crippen molar-refractivity contribution in [2.24, 2.45) is 17.3 Å². The van der Waals surface area contributed by atoms with Crippen LogP contribution in [0.25, 0.3) is 0 Å². The Hall–Kier alpha value is -0.580. The highest BCUT2D eigenvalue weighted by Crippen LogP contribution is 2.44. The fourth-order valence-corrected chi connectivity index (χ4v) is 4.00. The topological polar surface area (TPSA) is 26.3 Å². The second kappa shape index (κ2) is 8.00. The van der Waals surface area contributed by atoms with E-state index >= 15 is 0 Å². The van der Waals surface area contributed by atoms with Crippen molar-refractivity contribution in [3.63, 3.8) is 0 Å². The van der Waals surface area contributed by atoms with E-state index in [0.717, 1.165) is 25.2 Å². The summed E-state index contributed by atoms with van der Waals surface area (Å²) in [6.07, 6.45) is 4.89. The fraction of sp³-hybridized carbons (Fsp3) is 0.650. The Balaban J connectivity index is 1.87. The van der Waals surface area contributed by atoms with Crippen LogP contribution in [0.5, 0.6) is 5.75 Å². The van der Waals surface area contributed by atoms with Gasteiger partial charge >= 0.3 is 0 Å². The van der Waals surface area contributed by atoms with Crippen molar-refractivity contribution in [2.75, 3.05) is 6.61 Å². The average Bonchev–Trinajstić information content (AvgIpc) is 2.49. The molecular weight excluding hydrogens is 399 g/mol. The fourth-order valence-electron chi connectivity index (χ4n) is 3.40. The van der Waals surface area contributed by atoms with Crippen molar-refractivity contribution in [1.82, 2.24) is 0 Å². The Morgan fingerprint density at radius 1 is 1.39 bits per heavy atom. The molecule has 1 aliphatic carbocycles. The number of Topliss-reactive ketones (excluding diaryl/α,β-unsaturated/α-hetero) is 1. The van der Waals surface area contributed by atoms with E-state index in [1.165, 1.54) is 22.0 Å². The molecule has 128 valence electrons. The third-order valence-electron chi connectivity index (χ3n) is 4.99. The molecule has 0 bridgehead atoms. The Kier molecular flexibility index (Phi) is 6.52. The number of carbonyl (C=O) groups excluding carboxylic acids is 1. The van der Waals surface area contributed by atoms with Crippen molar-refractivity contribution in [1.29, 1.82) is 0 Å². The zero-order chi connectivity index (χ0) is 17.0. The summed E-state index contributed by atoms with van der Waals surface area (Å²) in [5.74, 6) is 2.18. The predicted molar refractivity (Wildman–Crippen MR) is 104 cm³/mol. The summed E-state index contributed by atoms with van der Waals surface area (Å²) >= 11 is 2.35. The molecule has 0 heterocycles. The lowest BCUT2D eigenvalue weighted by molar-refractivity contribution is -0.122. The molecule has 0 N–H and O–H groups in total. The third kappa shape index (κ3) is 5.47. The van der Waals surface area contributed by atoms with Crippen LogP contribution in [0.3, 0.4) is 0 Å². The van der Waals surface area contributed by atoms with Gasteiger partial charge in [-0.05, 0) is 83.4 Å². The molecule has 2 nitrogen and oxygen atoms in total. The van der Waals surface area contributed by atoms with Crippen molar-refractivity contribution < 1.29 is 9.53 Å². The minimum absolute atomic E-state index is 0.175. The van der Waals surface area contributed by atoms with Gasteiger partial charge in [0.25, 0.3) is 0 Å². The van der Waals surface area contributed by atoms with Gasteiger partial charge in [-0.25, -0.2) is 0 Å². The monoisotopic (exact) mass is 428 g/mol. The summed E-state index contributed by atoms with van der Waals surface area (Å²) in [5, 5.41) is 0. The summed E-state index contributed by atoms with van der Waals surface area (Å²) in [6, 6.07) is 6.27. The van der Waals surface area contributed by atoms with E-state index in [-0.39, 0.29) is 5.92 Å². The van der Waals surface area contributed by atoms with Gasteiger partial charge in [-0.1, -0.05) is 27.7 Å². The standard InChI is InChI=1S/C20H29IO2/c1-5-14(2)19(22)9-6-16-10-17(7-8-18(16)21)23-13-15-11-20(3,4)12-15/h7-8,10,14-15H,5-6,9,11-13H2,1-4H3. The summed E-state index contributed by atoms with van der Waals surface area (Å²) in [5.41, 5.74) is 1.73. The first-order valence-electron chi connectivity index (χ1n) is 8.74. The van der Waals surface area contributed by atoms with E-state index in [9.17, 15) is 4.79 Å². The van der Waals surface area contributed by atoms with Crippen LogP contribution in [-0.4, -0.2) is 12.4 Å². The van der Waals surface area contributed by atoms with E-state index in [2.05, 4.69) is 55.5 Å². The maximum Gasteiger partial charge on any atom is 0.136 e. The van der Waals surface area contributed by atoms with Gasteiger partial charge in [0.2, 0.25) is 0 Å². The van der Waals surface area contributed by atoms with E-state index in [0.29, 0.717) is 23.5 Å². The Labute approximate surface area is 154 Å². The van der Waals surface area contributed by atoms with Crippen LogP contribution in [0.2, 0.25) is 0 Å². The zero-order valence-electron chi connectivity index (χ0n) is 14.8. The molecule has 1 aliphatic rings. The molecule has 1 fully saturated rings. The van der Waals surface area contributed by atoms with Crippen LogP contribution >= 0.6 is 22.6 Å². The molecule has 0 spiro atoms. The van der Waals surface area contributed by atoms with Gasteiger partial charge in [0.1, 0.15) is 11.5 Å². The van der Waals surface area contributed by atoms with E-state index < -0.39 is 0 Å². The maximum atomic E-state index is 12.0. The minimum Gasteiger partial charge on any atom is -0.493 e. The second-order valence-corrected chi connectivity index (χ2v) is 8.94. The van der Waals surface area contributed by atoms with Crippen LogP contribution in [0.4, 0.5) is 0 Å². The average molecular weight is 428 g/mol. The molecule has 23 heavy (non-hydrogen) atoms. The first kappa shape index (κ1) is 18.8. The van der Waals surface area contributed by atoms with Crippen LogP contribution < -0.4 is 4.74 Å². The number of halogens is 1. The number of aryl methyl sites for hydroxylation is 1. The zero-order valence-corrected chi connectivity index (χ0v) is 17.0. The van der Waals surface area contributed by atoms with Gasteiger partial charge in [-0.15, -0.1) is 0 Å². The van der Waals surface area contributed by atoms with Gasteiger partial charge in [-0.3, -0.25) is 4.79 Å². The van der Waals surface area contributed by atoms with Crippen LogP contribution in [0.15, 0.2) is 18.2 Å². The van der Waals surface area contributed by atoms with Gasteiger partial charge in [-0.2, -0.15) is 0 Å². The number of benzene rings is 1. The van der Waals surface area contributed by atoms with E-state index in [1.807, 2.05) is 13.0 Å². The maximum absolute atomic E-state index is 12.0. The van der Waals surface area contributed by atoms with Crippen molar-refractivity contribution in [3.05, 3.63) is 27.3 Å². The Bertz CT molecular complexity index is 543. The quantitative estimate of drug-likeness (QED) is 0.500. The van der Waals surface area contributed by atoms with Crippen molar-refractivity contribution in [3.8, 4) is 5.75 Å². The lowest BCUT2D eigenvalue weighted by atomic mass is 9.65. The molecule has 2 rings (SSSR count). The first-order chi connectivity index (χ1) is 10.8. The Morgan fingerprint density at radius 2 is 2.09 bits per heavy atom. The molecule has 3 heteroatoms. The molecule has 1 aromatic carbocycles. The normalized spacial score (nSPS) is 18.3. The molecule has 1 saturated carbocycles. The molecule has 0 radical (unpaired) electrons. The number of rotatable bonds is 8. The highest BCUT2D eigenvalue weighted by Gasteiger charge is 2.36. The van der Waals surface area contributed by atoms with Crippen molar-refractivity contribution in [2.45, 2.75) is 59.8 Å². The van der Waals surface area contributed by atoms with Crippen LogP contribution in [0.1, 0.15) is 58.9 Å². The van der Waals surface area contributed by atoms with Gasteiger partial charge < -0.3 is 4.74 Å². The lowest BCUT2D eigenvalue weighted by Crippen LogP contribution is -2.35. The van der Waals surface area contributed by atoms with Crippen LogP contribution in [-0.2, 0) is 11.2 Å². The summed E-state index contributed by atoms with van der Waals surface area (Å²) < 4.78 is 7.21. The molecule has 1 aromatic rings. The number of ketones is 1. The molecule has 0 aromatic heterocycles. The number of hydrogen-bond acceptors (Lipinski definition) is 2.